The number of unbranched alkanes of at least 4 members (excludes halogenated alkanes) is 1. The van der Waals surface area contributed by atoms with E-state index in [-0.39, 0.29) is 12.5 Å². The van der Waals surface area contributed by atoms with E-state index in [9.17, 15) is 9.59 Å². The molecule has 0 heterocycles. The van der Waals surface area contributed by atoms with Crippen molar-refractivity contribution in [1.29, 1.82) is 0 Å². The first-order valence-corrected chi connectivity index (χ1v) is 6.64. The molecular weight excluding hydrogens is 234 g/mol. The number of carbonyl (C=O) groups is 2. The molecule has 1 unspecified atom stereocenters. The van der Waals surface area contributed by atoms with Crippen LogP contribution in [0.3, 0.4) is 0 Å². The van der Waals surface area contributed by atoms with Crippen molar-refractivity contribution in [2.24, 2.45) is 5.92 Å². The monoisotopic (exact) mass is 259 g/mol. The molecule has 1 N–H and O–H groups in total. The summed E-state index contributed by atoms with van der Waals surface area (Å²) in [6, 6.07) is 0. The summed E-state index contributed by atoms with van der Waals surface area (Å²) in [6.07, 6.45) is 3.72. The quantitative estimate of drug-likeness (QED) is 0.510. The summed E-state index contributed by atoms with van der Waals surface area (Å²) >= 11 is 0. The predicted molar refractivity (Wildman–Crippen MR) is 69.3 cm³/mol. The lowest BCUT2D eigenvalue weighted by molar-refractivity contribution is -0.119. The lowest BCUT2D eigenvalue weighted by Gasteiger charge is -2.14. The molecule has 5 heteroatoms. The van der Waals surface area contributed by atoms with Gasteiger partial charge in [-0.05, 0) is 12.3 Å². The summed E-state index contributed by atoms with van der Waals surface area (Å²) in [5, 5.41) is 2.53. The number of ether oxygens (including phenoxy) is 2. The second-order valence-electron chi connectivity index (χ2n) is 4.31. The average Bonchev–Trinajstić information content (AvgIpc) is 2.34. The number of amides is 1. The van der Waals surface area contributed by atoms with Gasteiger partial charge in [-0.2, -0.15) is 0 Å². The van der Waals surface area contributed by atoms with E-state index >= 15 is 0 Å². The zero-order valence-electron chi connectivity index (χ0n) is 11.7. The van der Waals surface area contributed by atoms with E-state index in [1.807, 2.05) is 0 Å². The Hall–Kier alpha value is -1.26. The topological polar surface area (TPSA) is 64.6 Å². The Balaban J connectivity index is 3.58. The van der Waals surface area contributed by atoms with Crippen LogP contribution in [-0.4, -0.2) is 31.8 Å². The van der Waals surface area contributed by atoms with Gasteiger partial charge in [0.25, 0.3) is 0 Å². The fraction of sp³-hybridized carbons (Fsp3) is 0.846. The largest absolute Gasteiger partial charge is 0.508 e. The average molecular weight is 259 g/mol. The van der Waals surface area contributed by atoms with Crippen molar-refractivity contribution in [3.8, 4) is 0 Å². The first kappa shape index (κ1) is 16.7. The molecule has 0 rings (SSSR count). The standard InChI is InChI=1S/C13H25NO4/c1-4-6-7-12(5-2)10-18-13(16)17-9-8-14-11(3)15/h12H,4-10H2,1-3H3,(H,14,15). The van der Waals surface area contributed by atoms with Gasteiger partial charge in [-0.3, -0.25) is 4.79 Å². The summed E-state index contributed by atoms with van der Waals surface area (Å²) < 4.78 is 9.84. The lowest BCUT2D eigenvalue weighted by Crippen LogP contribution is -2.26. The van der Waals surface area contributed by atoms with Gasteiger partial charge >= 0.3 is 6.16 Å². The maximum absolute atomic E-state index is 11.2. The highest BCUT2D eigenvalue weighted by Gasteiger charge is 2.10. The van der Waals surface area contributed by atoms with E-state index in [1.165, 1.54) is 6.92 Å². The first-order chi connectivity index (χ1) is 8.60. The molecule has 0 bridgehead atoms. The van der Waals surface area contributed by atoms with Gasteiger partial charge in [0.05, 0.1) is 13.2 Å². The molecule has 0 aliphatic carbocycles. The van der Waals surface area contributed by atoms with Crippen molar-refractivity contribution in [2.75, 3.05) is 19.8 Å². The molecule has 0 aromatic carbocycles. The van der Waals surface area contributed by atoms with Gasteiger partial charge in [-0.25, -0.2) is 4.79 Å². The highest BCUT2D eigenvalue weighted by Crippen LogP contribution is 2.12. The van der Waals surface area contributed by atoms with Gasteiger partial charge in [-0.15, -0.1) is 0 Å². The molecule has 0 aliphatic rings. The third kappa shape index (κ3) is 9.93. The third-order valence-electron chi connectivity index (χ3n) is 2.68. The summed E-state index contributed by atoms with van der Waals surface area (Å²) in [6.45, 7) is 6.52. The molecule has 0 radical (unpaired) electrons. The van der Waals surface area contributed by atoms with Crippen LogP contribution in [0.5, 0.6) is 0 Å². The number of hydrogen-bond acceptors (Lipinski definition) is 4. The zero-order valence-corrected chi connectivity index (χ0v) is 11.7. The highest BCUT2D eigenvalue weighted by molar-refractivity contribution is 5.72. The molecule has 18 heavy (non-hydrogen) atoms. The Bertz CT molecular complexity index is 243. The highest BCUT2D eigenvalue weighted by atomic mass is 16.7. The number of nitrogens with one attached hydrogen (secondary N) is 1. The minimum Gasteiger partial charge on any atom is -0.434 e. The maximum atomic E-state index is 11.2. The van der Waals surface area contributed by atoms with Gasteiger partial charge in [0, 0.05) is 6.92 Å². The molecule has 106 valence electrons. The fourth-order valence-electron chi connectivity index (χ4n) is 1.49. The lowest BCUT2D eigenvalue weighted by atomic mass is 10.0. The molecular formula is C13H25NO4. The van der Waals surface area contributed by atoms with E-state index in [0.717, 1.165) is 25.7 Å². The Labute approximate surface area is 109 Å². The second-order valence-corrected chi connectivity index (χ2v) is 4.31. The van der Waals surface area contributed by atoms with Crippen molar-refractivity contribution in [1.82, 2.24) is 5.32 Å². The van der Waals surface area contributed by atoms with Gasteiger partial charge in [-0.1, -0.05) is 33.1 Å². The molecule has 0 aliphatic heterocycles. The molecule has 0 aromatic rings. The van der Waals surface area contributed by atoms with E-state index in [0.29, 0.717) is 19.1 Å². The van der Waals surface area contributed by atoms with Crippen LogP contribution in [0.25, 0.3) is 0 Å². The normalized spacial score (nSPS) is 11.7. The minimum absolute atomic E-state index is 0.141. The second kappa shape index (κ2) is 10.9. The van der Waals surface area contributed by atoms with E-state index < -0.39 is 6.16 Å². The van der Waals surface area contributed by atoms with Crippen LogP contribution in [0.2, 0.25) is 0 Å². The molecule has 1 atom stereocenters. The van der Waals surface area contributed by atoms with Gasteiger partial charge in [0.1, 0.15) is 6.61 Å². The fourth-order valence-corrected chi connectivity index (χ4v) is 1.49. The summed E-state index contributed by atoms with van der Waals surface area (Å²) in [5.41, 5.74) is 0. The molecule has 0 saturated heterocycles. The van der Waals surface area contributed by atoms with Crippen molar-refractivity contribution in [3.05, 3.63) is 0 Å². The molecule has 1 amide bonds. The van der Waals surface area contributed by atoms with Crippen molar-refractivity contribution in [2.45, 2.75) is 46.5 Å². The number of hydrogen-bond donors (Lipinski definition) is 1. The first-order valence-electron chi connectivity index (χ1n) is 6.64. The van der Waals surface area contributed by atoms with Crippen LogP contribution in [0.15, 0.2) is 0 Å². The van der Waals surface area contributed by atoms with E-state index in [1.54, 1.807) is 0 Å². The third-order valence-corrected chi connectivity index (χ3v) is 2.68. The molecule has 0 aromatic heterocycles. The molecule has 5 nitrogen and oxygen atoms in total. The Kier molecular flexibility index (Phi) is 10.1. The Morgan fingerprint density at radius 1 is 1.22 bits per heavy atom. The SMILES string of the molecule is CCCCC(CC)COC(=O)OCCNC(C)=O. The van der Waals surface area contributed by atoms with Crippen molar-refractivity contribution < 1.29 is 19.1 Å². The summed E-state index contributed by atoms with van der Waals surface area (Å²) in [4.78, 5) is 21.8. The van der Waals surface area contributed by atoms with Crippen LogP contribution in [0, 0.1) is 5.92 Å². The number of rotatable bonds is 9. The molecule has 0 saturated carbocycles. The number of carbonyl (C=O) groups excluding carboxylic acids is 2. The molecule has 0 spiro atoms. The summed E-state index contributed by atoms with van der Waals surface area (Å²) in [7, 11) is 0. The van der Waals surface area contributed by atoms with E-state index in [4.69, 9.17) is 9.47 Å². The van der Waals surface area contributed by atoms with Crippen LogP contribution in [-0.2, 0) is 14.3 Å². The predicted octanol–water partition coefficient (Wildman–Crippen LogP) is 2.49. The van der Waals surface area contributed by atoms with Crippen LogP contribution in [0.4, 0.5) is 4.79 Å². The zero-order chi connectivity index (χ0) is 13.8. The summed E-state index contributed by atoms with van der Waals surface area (Å²) in [5.74, 6) is 0.269. The van der Waals surface area contributed by atoms with Gasteiger partial charge in [0.15, 0.2) is 0 Å². The molecule has 0 fully saturated rings. The van der Waals surface area contributed by atoms with Gasteiger partial charge in [0.2, 0.25) is 5.91 Å². The van der Waals surface area contributed by atoms with Crippen LogP contribution < -0.4 is 5.32 Å². The Morgan fingerprint density at radius 2 is 1.94 bits per heavy atom. The van der Waals surface area contributed by atoms with Crippen LogP contribution in [0.1, 0.15) is 46.5 Å². The van der Waals surface area contributed by atoms with E-state index in [2.05, 4.69) is 19.2 Å². The van der Waals surface area contributed by atoms with Crippen molar-refractivity contribution >= 4 is 12.1 Å². The Morgan fingerprint density at radius 3 is 2.50 bits per heavy atom. The van der Waals surface area contributed by atoms with Gasteiger partial charge < -0.3 is 14.8 Å². The van der Waals surface area contributed by atoms with Crippen molar-refractivity contribution in [3.63, 3.8) is 0 Å². The maximum Gasteiger partial charge on any atom is 0.508 e. The minimum atomic E-state index is -0.657. The van der Waals surface area contributed by atoms with Crippen LogP contribution >= 0.6 is 0 Å². The smallest absolute Gasteiger partial charge is 0.434 e.